The van der Waals surface area contributed by atoms with E-state index in [0.29, 0.717) is 5.69 Å². The number of pyridine rings is 1. The molecule has 0 aromatic carbocycles. The van der Waals surface area contributed by atoms with Crippen LogP contribution in [0, 0.1) is 0 Å². The molecule has 1 unspecified atom stereocenters. The molecule has 2 N–H and O–H groups in total. The number of aliphatic hydroxyl groups is 1. The number of halogens is 3. The van der Waals surface area contributed by atoms with Gasteiger partial charge in [0, 0.05) is 24.2 Å². The molecule has 2 heterocycles. The summed E-state index contributed by atoms with van der Waals surface area (Å²) in [6, 6.07) is 1.18. The maximum absolute atomic E-state index is 13.3. The van der Waals surface area contributed by atoms with Crippen LogP contribution >= 0.6 is 11.6 Å². The molecule has 0 bridgehead atoms. The lowest BCUT2D eigenvalue weighted by Gasteiger charge is -2.19. The second kappa shape index (κ2) is 5.20. The molecule has 18 heavy (non-hydrogen) atoms. The number of nitrogens with zero attached hydrogens (tertiary/aromatic N) is 1. The summed E-state index contributed by atoms with van der Waals surface area (Å²) in [5, 5.41) is 11.9. The minimum Gasteiger partial charge on any atom is -0.391 e. The second-order valence-electron chi connectivity index (χ2n) is 4.16. The smallest absolute Gasteiger partial charge is 0.297 e. The van der Waals surface area contributed by atoms with Crippen molar-refractivity contribution < 1.29 is 13.9 Å². The maximum Gasteiger partial charge on any atom is 0.297 e. The third-order valence-corrected chi connectivity index (χ3v) is 3.19. The number of hydrogen-bond donors (Lipinski definition) is 2. The molecule has 0 saturated carbocycles. The zero-order valence-electron chi connectivity index (χ0n) is 9.54. The molecule has 3 nitrogen and oxygen atoms in total. The lowest BCUT2D eigenvalue weighted by molar-refractivity contribution is -0.0559. The first kappa shape index (κ1) is 13.2. The molecule has 98 valence electrons. The molecule has 0 saturated heterocycles. The van der Waals surface area contributed by atoms with Gasteiger partial charge >= 0.3 is 0 Å². The first-order valence-electron chi connectivity index (χ1n) is 5.59. The fourth-order valence-corrected chi connectivity index (χ4v) is 2.15. The number of aromatic nitrogens is 1. The topological polar surface area (TPSA) is 45.2 Å². The van der Waals surface area contributed by atoms with Crippen LogP contribution in [0.1, 0.15) is 23.6 Å². The Hall–Kier alpha value is -1.20. The van der Waals surface area contributed by atoms with Crippen molar-refractivity contribution in [1.82, 2.24) is 10.3 Å². The van der Waals surface area contributed by atoms with Crippen molar-refractivity contribution >= 4 is 11.6 Å². The van der Waals surface area contributed by atoms with Gasteiger partial charge in [-0.1, -0.05) is 17.7 Å². The molecule has 0 amide bonds. The van der Waals surface area contributed by atoms with E-state index in [-0.39, 0.29) is 16.5 Å². The van der Waals surface area contributed by atoms with Gasteiger partial charge in [0.15, 0.2) is 0 Å². The summed E-state index contributed by atoms with van der Waals surface area (Å²) in [5.41, 5.74) is 0.226. The predicted octanol–water partition coefficient (Wildman–Crippen LogP) is 2.41. The van der Waals surface area contributed by atoms with Gasteiger partial charge in [-0.2, -0.15) is 8.78 Å². The van der Waals surface area contributed by atoms with E-state index < -0.39 is 12.5 Å². The number of aliphatic hydroxyl groups excluding tert-OH is 1. The van der Waals surface area contributed by atoms with Gasteiger partial charge in [-0.15, -0.1) is 0 Å². The van der Waals surface area contributed by atoms with E-state index >= 15 is 0 Å². The minimum atomic E-state index is -3.31. The van der Waals surface area contributed by atoms with Crippen LogP contribution in [0.5, 0.6) is 0 Å². The van der Waals surface area contributed by atoms with E-state index in [1.54, 1.807) is 0 Å². The first-order chi connectivity index (χ1) is 8.54. The quantitative estimate of drug-likeness (QED) is 0.890. The molecular formula is C12H13ClF2N2O. The normalized spacial score (nSPS) is 19.7. The highest BCUT2D eigenvalue weighted by Gasteiger charge is 2.32. The van der Waals surface area contributed by atoms with Gasteiger partial charge < -0.3 is 10.4 Å². The summed E-state index contributed by atoms with van der Waals surface area (Å²) in [6.45, 7) is -0.453. The molecule has 1 aliphatic rings. The SMILES string of the molecule is OCC(F)(F)c1cnc(C2C=CNCC2)c(Cl)c1. The zero-order chi connectivity index (χ0) is 13.2. The van der Waals surface area contributed by atoms with Gasteiger partial charge in [0.05, 0.1) is 10.7 Å². The summed E-state index contributed by atoms with van der Waals surface area (Å²) in [5.74, 6) is -3.27. The highest BCUT2D eigenvalue weighted by atomic mass is 35.5. The van der Waals surface area contributed by atoms with Crippen LogP contribution in [0.15, 0.2) is 24.5 Å². The van der Waals surface area contributed by atoms with Gasteiger partial charge in [0.2, 0.25) is 0 Å². The van der Waals surface area contributed by atoms with E-state index in [9.17, 15) is 8.78 Å². The van der Waals surface area contributed by atoms with E-state index in [4.69, 9.17) is 16.7 Å². The van der Waals surface area contributed by atoms with Gasteiger partial charge in [0.25, 0.3) is 5.92 Å². The van der Waals surface area contributed by atoms with Crippen LogP contribution < -0.4 is 5.32 Å². The molecule has 0 radical (unpaired) electrons. The van der Waals surface area contributed by atoms with Gasteiger partial charge in [-0.05, 0) is 18.7 Å². The van der Waals surface area contributed by atoms with Crippen molar-refractivity contribution in [1.29, 1.82) is 0 Å². The van der Waals surface area contributed by atoms with Gasteiger partial charge in [0.1, 0.15) is 6.61 Å². The minimum absolute atomic E-state index is 0.0375. The van der Waals surface area contributed by atoms with E-state index in [0.717, 1.165) is 19.2 Å². The molecule has 1 atom stereocenters. The largest absolute Gasteiger partial charge is 0.391 e. The van der Waals surface area contributed by atoms with Crippen molar-refractivity contribution in [2.45, 2.75) is 18.3 Å². The molecule has 0 fully saturated rings. The Kier molecular flexibility index (Phi) is 3.82. The Morgan fingerprint density at radius 3 is 2.89 bits per heavy atom. The number of hydrogen-bond acceptors (Lipinski definition) is 3. The zero-order valence-corrected chi connectivity index (χ0v) is 10.3. The van der Waals surface area contributed by atoms with Gasteiger partial charge in [-0.25, -0.2) is 0 Å². The average Bonchev–Trinajstić information content (AvgIpc) is 2.39. The molecule has 0 aliphatic carbocycles. The fraction of sp³-hybridized carbons (Fsp3) is 0.417. The van der Waals surface area contributed by atoms with E-state index in [1.807, 2.05) is 12.3 Å². The fourth-order valence-electron chi connectivity index (χ4n) is 1.84. The molecule has 1 aromatic heterocycles. The number of allylic oxidation sites excluding steroid dienone is 1. The number of rotatable bonds is 3. The summed E-state index contributed by atoms with van der Waals surface area (Å²) in [6.07, 6.45) is 5.61. The molecule has 1 aliphatic heterocycles. The van der Waals surface area contributed by atoms with Crippen LogP contribution in [-0.2, 0) is 5.92 Å². The maximum atomic E-state index is 13.3. The van der Waals surface area contributed by atoms with Crippen LogP contribution in [0.4, 0.5) is 8.78 Å². The number of alkyl halides is 2. The highest BCUT2D eigenvalue weighted by molar-refractivity contribution is 6.31. The van der Waals surface area contributed by atoms with Crippen molar-refractivity contribution in [2.24, 2.45) is 0 Å². The summed E-state index contributed by atoms with van der Waals surface area (Å²) in [7, 11) is 0. The Labute approximate surface area is 108 Å². The standard InChI is InChI=1S/C12H13ClF2N2O/c13-10-5-9(12(14,15)7-18)6-17-11(10)8-1-3-16-4-2-8/h1,3,5-6,8,16,18H,2,4,7H2. The van der Waals surface area contributed by atoms with Crippen molar-refractivity contribution in [3.8, 4) is 0 Å². The van der Waals surface area contributed by atoms with Crippen molar-refractivity contribution in [3.05, 3.63) is 40.8 Å². The first-order valence-corrected chi connectivity index (χ1v) is 5.97. The third-order valence-electron chi connectivity index (χ3n) is 2.89. The monoisotopic (exact) mass is 274 g/mol. The van der Waals surface area contributed by atoms with Crippen LogP contribution in [0.2, 0.25) is 5.02 Å². The third kappa shape index (κ3) is 2.62. The van der Waals surface area contributed by atoms with E-state index in [2.05, 4.69) is 10.3 Å². The summed E-state index contributed by atoms with van der Waals surface area (Å²) < 4.78 is 26.5. The molecular weight excluding hydrogens is 262 g/mol. The van der Waals surface area contributed by atoms with E-state index in [1.165, 1.54) is 6.07 Å². The van der Waals surface area contributed by atoms with Gasteiger partial charge in [-0.3, -0.25) is 4.98 Å². The van der Waals surface area contributed by atoms with Crippen LogP contribution in [-0.4, -0.2) is 23.2 Å². The van der Waals surface area contributed by atoms with Crippen LogP contribution in [0.3, 0.4) is 0 Å². The molecule has 6 heteroatoms. The van der Waals surface area contributed by atoms with Crippen molar-refractivity contribution in [2.75, 3.05) is 13.2 Å². The summed E-state index contributed by atoms with van der Waals surface area (Å²) >= 11 is 5.99. The highest BCUT2D eigenvalue weighted by Crippen LogP contribution is 2.33. The summed E-state index contributed by atoms with van der Waals surface area (Å²) in [4.78, 5) is 4.01. The predicted molar refractivity (Wildman–Crippen MR) is 64.7 cm³/mol. The number of nitrogens with one attached hydrogen (secondary N) is 1. The van der Waals surface area contributed by atoms with Crippen molar-refractivity contribution in [3.63, 3.8) is 0 Å². The Morgan fingerprint density at radius 2 is 2.33 bits per heavy atom. The molecule has 0 spiro atoms. The van der Waals surface area contributed by atoms with Crippen LogP contribution in [0.25, 0.3) is 0 Å². The Morgan fingerprint density at radius 1 is 1.56 bits per heavy atom. The molecule has 1 aromatic rings. The molecule has 2 rings (SSSR count). The second-order valence-corrected chi connectivity index (χ2v) is 4.57. The Balaban J connectivity index is 2.30. The Bertz CT molecular complexity index is 465. The average molecular weight is 275 g/mol. The lowest BCUT2D eigenvalue weighted by atomic mass is 9.98. The lowest BCUT2D eigenvalue weighted by Crippen LogP contribution is -2.20.